The molecule has 29 heavy (non-hydrogen) atoms. The Labute approximate surface area is 177 Å². The summed E-state index contributed by atoms with van der Waals surface area (Å²) in [6.07, 6.45) is 6.08. The van der Waals surface area contributed by atoms with E-state index in [0.717, 1.165) is 36.8 Å². The molecular formula is C24H37NO3S. The second-order valence-electron chi connectivity index (χ2n) is 9.82. The van der Waals surface area contributed by atoms with Gasteiger partial charge in [-0.2, -0.15) is 5.26 Å². The van der Waals surface area contributed by atoms with Gasteiger partial charge < -0.3 is 5.11 Å². The average molecular weight is 420 g/mol. The van der Waals surface area contributed by atoms with E-state index in [4.69, 9.17) is 0 Å². The minimum atomic E-state index is -3.63. The molecule has 1 rings (SSSR count). The molecule has 0 amide bonds. The van der Waals surface area contributed by atoms with Gasteiger partial charge in [0.05, 0.1) is 5.75 Å². The zero-order valence-electron chi connectivity index (χ0n) is 19.1. The molecule has 0 aliphatic heterocycles. The fourth-order valence-electron chi connectivity index (χ4n) is 3.23. The van der Waals surface area contributed by atoms with Gasteiger partial charge in [-0.15, -0.1) is 0 Å². The average Bonchev–Trinajstić information content (AvgIpc) is 2.58. The van der Waals surface area contributed by atoms with Gasteiger partial charge in [0.15, 0.2) is 9.84 Å². The molecule has 5 heteroatoms. The summed E-state index contributed by atoms with van der Waals surface area (Å²) in [4.78, 5) is -0.210. The number of benzene rings is 1. The summed E-state index contributed by atoms with van der Waals surface area (Å²) in [6, 6.07) is 5.47. The van der Waals surface area contributed by atoms with Gasteiger partial charge in [0.25, 0.3) is 0 Å². The molecule has 0 spiro atoms. The van der Waals surface area contributed by atoms with Gasteiger partial charge in [-0.25, -0.2) is 8.42 Å². The molecule has 0 unspecified atom stereocenters. The van der Waals surface area contributed by atoms with Crippen LogP contribution < -0.4 is 0 Å². The lowest BCUT2D eigenvalue weighted by molar-refractivity contribution is 0.423. The predicted molar refractivity (Wildman–Crippen MR) is 122 cm³/mol. The van der Waals surface area contributed by atoms with Crippen LogP contribution in [0.25, 0.3) is 6.08 Å². The third-order valence-electron chi connectivity index (χ3n) is 5.01. The van der Waals surface area contributed by atoms with E-state index in [2.05, 4.69) is 6.92 Å². The van der Waals surface area contributed by atoms with Gasteiger partial charge in [-0.1, -0.05) is 74.1 Å². The maximum absolute atomic E-state index is 12.7. The molecule has 0 saturated heterocycles. The van der Waals surface area contributed by atoms with Gasteiger partial charge in [-0.3, -0.25) is 0 Å². The van der Waals surface area contributed by atoms with Crippen LogP contribution in [0.15, 0.2) is 17.0 Å². The Hall–Kier alpha value is -1.80. The van der Waals surface area contributed by atoms with E-state index >= 15 is 0 Å². The van der Waals surface area contributed by atoms with Crippen LogP contribution in [0.1, 0.15) is 97.3 Å². The molecule has 0 saturated carbocycles. The van der Waals surface area contributed by atoms with Crippen LogP contribution in [-0.4, -0.2) is 19.3 Å². The Kier molecular flexibility index (Phi) is 8.53. The van der Waals surface area contributed by atoms with Crippen LogP contribution in [0, 0.1) is 11.3 Å². The third-order valence-corrected chi connectivity index (χ3v) is 6.71. The molecule has 0 aliphatic carbocycles. The highest BCUT2D eigenvalue weighted by molar-refractivity contribution is 7.95. The zero-order valence-corrected chi connectivity index (χ0v) is 19.9. The van der Waals surface area contributed by atoms with Crippen LogP contribution >= 0.6 is 0 Å². The number of unbranched alkanes of at least 4 members (excludes halogenated alkanes) is 4. The number of phenols is 1. The molecule has 1 aromatic carbocycles. The molecule has 0 aliphatic rings. The minimum Gasteiger partial charge on any atom is -0.507 e. The normalized spacial score (nSPS) is 13.4. The van der Waals surface area contributed by atoms with Crippen LogP contribution in [0.4, 0.5) is 0 Å². The number of hydrogen-bond donors (Lipinski definition) is 1. The van der Waals surface area contributed by atoms with Gasteiger partial charge in [0.1, 0.15) is 16.7 Å². The van der Waals surface area contributed by atoms with Crippen molar-refractivity contribution in [1.29, 1.82) is 5.26 Å². The lowest BCUT2D eigenvalue weighted by Gasteiger charge is -2.28. The highest BCUT2D eigenvalue weighted by Crippen LogP contribution is 2.40. The Morgan fingerprint density at radius 1 is 1.00 bits per heavy atom. The molecule has 0 radical (unpaired) electrons. The summed E-state index contributed by atoms with van der Waals surface area (Å²) in [5.41, 5.74) is 1.47. The molecule has 162 valence electrons. The van der Waals surface area contributed by atoms with Crippen molar-refractivity contribution in [2.45, 2.75) is 91.4 Å². The van der Waals surface area contributed by atoms with Crippen molar-refractivity contribution in [1.82, 2.24) is 0 Å². The summed E-state index contributed by atoms with van der Waals surface area (Å²) < 4.78 is 25.4. The highest BCUT2D eigenvalue weighted by atomic mass is 32.2. The summed E-state index contributed by atoms with van der Waals surface area (Å²) >= 11 is 0. The van der Waals surface area contributed by atoms with E-state index in [1.807, 2.05) is 47.6 Å². The Bertz CT molecular complexity index is 841. The Balaban J connectivity index is 3.37. The first-order chi connectivity index (χ1) is 13.2. The molecule has 4 nitrogen and oxygen atoms in total. The third kappa shape index (κ3) is 7.19. The molecule has 0 heterocycles. The van der Waals surface area contributed by atoms with E-state index in [0.29, 0.717) is 12.0 Å². The number of aromatic hydroxyl groups is 1. The number of hydrogen-bond acceptors (Lipinski definition) is 4. The number of rotatable bonds is 8. The maximum Gasteiger partial charge on any atom is 0.188 e. The summed E-state index contributed by atoms with van der Waals surface area (Å²) in [5, 5.41) is 20.3. The number of nitrogens with zero attached hydrogens (tertiary/aromatic N) is 1. The van der Waals surface area contributed by atoms with Crippen molar-refractivity contribution in [2.24, 2.45) is 0 Å². The van der Waals surface area contributed by atoms with Crippen molar-refractivity contribution >= 4 is 15.9 Å². The fraction of sp³-hybridized carbons (Fsp3) is 0.625. The first-order valence-electron chi connectivity index (χ1n) is 10.5. The first kappa shape index (κ1) is 25.2. The van der Waals surface area contributed by atoms with Gasteiger partial charge >= 0.3 is 0 Å². The Morgan fingerprint density at radius 2 is 1.48 bits per heavy atom. The van der Waals surface area contributed by atoms with E-state index in [1.54, 1.807) is 12.1 Å². The number of nitriles is 1. The second kappa shape index (κ2) is 9.80. The predicted octanol–water partition coefficient (Wildman–Crippen LogP) is 6.24. The highest BCUT2D eigenvalue weighted by Gasteiger charge is 2.27. The molecular weight excluding hydrogens is 382 g/mol. The first-order valence-corrected chi connectivity index (χ1v) is 12.1. The summed E-state index contributed by atoms with van der Waals surface area (Å²) in [7, 11) is -3.63. The van der Waals surface area contributed by atoms with Gasteiger partial charge in [0.2, 0.25) is 0 Å². The zero-order chi connectivity index (χ0) is 22.5. The van der Waals surface area contributed by atoms with Crippen LogP contribution in [0.5, 0.6) is 5.75 Å². The van der Waals surface area contributed by atoms with Crippen molar-refractivity contribution in [3.8, 4) is 11.8 Å². The van der Waals surface area contributed by atoms with Gasteiger partial charge in [0, 0.05) is 11.1 Å². The monoisotopic (exact) mass is 419 g/mol. The van der Waals surface area contributed by atoms with Crippen molar-refractivity contribution < 1.29 is 13.5 Å². The second-order valence-corrected chi connectivity index (χ2v) is 11.9. The van der Waals surface area contributed by atoms with Gasteiger partial charge in [-0.05, 0) is 41.0 Å². The lowest BCUT2D eigenvalue weighted by atomic mass is 9.78. The number of sulfone groups is 1. The summed E-state index contributed by atoms with van der Waals surface area (Å²) in [6.45, 7) is 14.1. The minimum absolute atomic E-state index is 0.00749. The van der Waals surface area contributed by atoms with E-state index < -0.39 is 9.84 Å². The SMILES string of the molecule is CCCCCCCS(=O)(=O)/C(C#N)=C/c1cc(C(C)(C)C)c(O)c(C(C)(C)C)c1. The van der Waals surface area contributed by atoms with Crippen LogP contribution in [-0.2, 0) is 20.7 Å². The molecule has 0 atom stereocenters. The van der Waals surface area contributed by atoms with Crippen LogP contribution in [0.2, 0.25) is 0 Å². The Morgan fingerprint density at radius 3 is 1.90 bits per heavy atom. The largest absolute Gasteiger partial charge is 0.507 e. The number of allylic oxidation sites excluding steroid dienone is 1. The van der Waals surface area contributed by atoms with Crippen molar-refractivity contribution in [3.05, 3.63) is 33.7 Å². The quantitative estimate of drug-likeness (QED) is 0.400. The van der Waals surface area contributed by atoms with E-state index in [1.165, 1.54) is 6.08 Å². The van der Waals surface area contributed by atoms with E-state index in [-0.39, 0.29) is 27.2 Å². The summed E-state index contributed by atoms with van der Waals surface area (Å²) in [5.74, 6) is 0.228. The lowest BCUT2D eigenvalue weighted by Crippen LogP contribution is -2.17. The smallest absolute Gasteiger partial charge is 0.188 e. The fourth-order valence-corrected chi connectivity index (χ4v) is 4.49. The molecule has 1 aromatic rings. The number of phenolic OH excluding ortho intramolecular Hbond substituents is 1. The van der Waals surface area contributed by atoms with E-state index in [9.17, 15) is 18.8 Å². The molecule has 0 fully saturated rings. The molecule has 0 aromatic heterocycles. The van der Waals surface area contributed by atoms with Crippen molar-refractivity contribution in [2.75, 3.05) is 5.75 Å². The van der Waals surface area contributed by atoms with Crippen molar-refractivity contribution in [3.63, 3.8) is 0 Å². The molecule has 1 N–H and O–H groups in total. The molecule has 0 bridgehead atoms. The maximum atomic E-state index is 12.7. The van der Waals surface area contributed by atoms with Crippen LogP contribution in [0.3, 0.4) is 0 Å². The topological polar surface area (TPSA) is 78.2 Å². The standard InChI is InChI=1S/C24H37NO3S/c1-8-9-10-11-12-13-29(27,28)19(17-25)14-18-15-20(23(2,3)4)22(26)21(16-18)24(5,6)7/h14-16,26H,8-13H2,1-7H3/b19-14+.